The Balaban J connectivity index is 2.54. The third-order valence-electron chi connectivity index (χ3n) is 0.957. The van der Waals surface area contributed by atoms with Gasteiger partial charge in [0.2, 0.25) is 0 Å². The van der Waals surface area contributed by atoms with Crippen molar-refractivity contribution in [3.8, 4) is 0 Å². The summed E-state index contributed by atoms with van der Waals surface area (Å²) in [6.07, 6.45) is 0.227. The van der Waals surface area contributed by atoms with Crippen LogP contribution in [0.3, 0.4) is 0 Å². The molecule has 0 amide bonds. The van der Waals surface area contributed by atoms with Crippen molar-refractivity contribution in [3.05, 3.63) is 0 Å². The zero-order valence-electron chi connectivity index (χ0n) is 4.34. The number of nitrogens with zero attached hydrogens (tertiary/aromatic N) is 1. The third kappa shape index (κ3) is 0.951. The molecular formula is C4H7NOS. The van der Waals surface area contributed by atoms with Gasteiger partial charge in [0.25, 0.3) is 0 Å². The first kappa shape index (κ1) is 5.12. The van der Waals surface area contributed by atoms with Crippen molar-refractivity contribution < 1.29 is 4.18 Å². The van der Waals surface area contributed by atoms with Gasteiger partial charge in [-0.15, -0.1) is 0 Å². The average molecular weight is 117 g/mol. The molecule has 40 valence electrons. The van der Waals surface area contributed by atoms with E-state index < -0.39 is 0 Å². The molecule has 1 unspecified atom stereocenters. The van der Waals surface area contributed by atoms with Crippen LogP contribution in [-0.2, 0) is 4.18 Å². The van der Waals surface area contributed by atoms with E-state index in [9.17, 15) is 0 Å². The quantitative estimate of drug-likeness (QED) is 0.353. The summed E-state index contributed by atoms with van der Waals surface area (Å²) in [7, 11) is 0. The highest BCUT2D eigenvalue weighted by Crippen LogP contribution is 2.18. The van der Waals surface area contributed by atoms with Gasteiger partial charge >= 0.3 is 0 Å². The van der Waals surface area contributed by atoms with E-state index in [1.807, 2.05) is 13.8 Å². The van der Waals surface area contributed by atoms with Gasteiger partial charge in [-0.3, -0.25) is 4.18 Å². The summed E-state index contributed by atoms with van der Waals surface area (Å²) in [5.74, 6) is 0. The van der Waals surface area contributed by atoms with E-state index in [1.165, 1.54) is 12.2 Å². The van der Waals surface area contributed by atoms with Gasteiger partial charge in [0.15, 0.2) is 0 Å². The van der Waals surface area contributed by atoms with Gasteiger partial charge in [-0.2, -0.15) is 4.40 Å². The number of rotatable bonds is 0. The van der Waals surface area contributed by atoms with Gasteiger partial charge in [-0.25, -0.2) is 0 Å². The van der Waals surface area contributed by atoms with E-state index in [1.54, 1.807) is 0 Å². The van der Waals surface area contributed by atoms with Gasteiger partial charge in [0, 0.05) is 0 Å². The standard InChI is InChI=1S/C4H7NOS/c1-3-4(2)6-7-5-3/h4H,1-2H3. The first-order valence-electron chi connectivity index (χ1n) is 2.17. The summed E-state index contributed by atoms with van der Waals surface area (Å²) < 4.78 is 8.91. The molecule has 0 spiro atoms. The van der Waals surface area contributed by atoms with Crippen LogP contribution in [0.5, 0.6) is 0 Å². The smallest absolute Gasteiger partial charge is 0.136 e. The van der Waals surface area contributed by atoms with Crippen LogP contribution in [0.25, 0.3) is 0 Å². The van der Waals surface area contributed by atoms with E-state index in [4.69, 9.17) is 4.18 Å². The van der Waals surface area contributed by atoms with Gasteiger partial charge in [-0.05, 0) is 13.8 Å². The van der Waals surface area contributed by atoms with E-state index in [-0.39, 0.29) is 6.10 Å². The van der Waals surface area contributed by atoms with E-state index in [0.717, 1.165) is 5.71 Å². The first-order valence-corrected chi connectivity index (χ1v) is 2.87. The predicted octanol–water partition coefficient (Wildman–Crippen LogP) is 1.43. The maximum Gasteiger partial charge on any atom is 0.136 e. The molecule has 1 aliphatic rings. The highest BCUT2D eigenvalue weighted by Gasteiger charge is 2.11. The van der Waals surface area contributed by atoms with Crippen molar-refractivity contribution in [3.63, 3.8) is 0 Å². The summed E-state index contributed by atoms with van der Waals surface area (Å²) in [6, 6.07) is 0. The fourth-order valence-electron chi connectivity index (χ4n) is 0.289. The number of hydrogen-bond acceptors (Lipinski definition) is 3. The van der Waals surface area contributed by atoms with E-state index in [0.29, 0.717) is 0 Å². The van der Waals surface area contributed by atoms with Gasteiger partial charge in [-0.1, -0.05) is 0 Å². The molecule has 0 N–H and O–H groups in total. The van der Waals surface area contributed by atoms with Crippen LogP contribution in [0, 0.1) is 0 Å². The van der Waals surface area contributed by atoms with Crippen molar-refractivity contribution >= 4 is 17.9 Å². The lowest BCUT2D eigenvalue weighted by Gasteiger charge is -1.94. The van der Waals surface area contributed by atoms with Crippen LogP contribution < -0.4 is 0 Å². The average Bonchev–Trinajstić information content (AvgIpc) is 1.91. The summed E-state index contributed by atoms with van der Waals surface area (Å²) in [5, 5.41) is 0. The van der Waals surface area contributed by atoms with Gasteiger partial charge in [0.1, 0.15) is 18.3 Å². The second-order valence-corrected chi connectivity index (χ2v) is 2.07. The van der Waals surface area contributed by atoms with Crippen molar-refractivity contribution in [2.75, 3.05) is 0 Å². The monoisotopic (exact) mass is 117 g/mol. The topological polar surface area (TPSA) is 21.6 Å². The summed E-state index contributed by atoms with van der Waals surface area (Å²) in [6.45, 7) is 3.95. The summed E-state index contributed by atoms with van der Waals surface area (Å²) in [5.41, 5.74) is 1.07. The molecule has 0 fully saturated rings. The van der Waals surface area contributed by atoms with Crippen molar-refractivity contribution in [2.45, 2.75) is 20.0 Å². The Hall–Kier alpha value is -0.0200. The highest BCUT2D eigenvalue weighted by atomic mass is 32.2. The molecular weight excluding hydrogens is 110 g/mol. The molecule has 1 aliphatic heterocycles. The maximum atomic E-state index is 4.98. The molecule has 0 bridgehead atoms. The molecule has 0 aromatic carbocycles. The van der Waals surface area contributed by atoms with Gasteiger partial charge < -0.3 is 0 Å². The molecule has 0 aromatic heterocycles. The van der Waals surface area contributed by atoms with Crippen LogP contribution in [-0.4, -0.2) is 11.8 Å². The molecule has 0 radical (unpaired) electrons. The van der Waals surface area contributed by atoms with Crippen LogP contribution in [0.4, 0.5) is 0 Å². The fraction of sp³-hybridized carbons (Fsp3) is 0.750. The molecule has 1 rings (SSSR count). The Kier molecular flexibility index (Phi) is 1.35. The largest absolute Gasteiger partial charge is 0.286 e. The van der Waals surface area contributed by atoms with E-state index >= 15 is 0 Å². The molecule has 1 heterocycles. The highest BCUT2D eigenvalue weighted by molar-refractivity contribution is 7.93. The predicted molar refractivity (Wildman–Crippen MR) is 31.2 cm³/mol. The van der Waals surface area contributed by atoms with Crippen molar-refractivity contribution in [1.82, 2.24) is 0 Å². The fourth-order valence-corrected chi connectivity index (χ4v) is 0.866. The molecule has 0 saturated carbocycles. The second kappa shape index (κ2) is 1.84. The molecule has 2 nitrogen and oxygen atoms in total. The Morgan fingerprint density at radius 1 is 1.86 bits per heavy atom. The first-order chi connectivity index (χ1) is 3.30. The minimum Gasteiger partial charge on any atom is -0.286 e. The lowest BCUT2D eigenvalue weighted by atomic mass is 10.3. The molecule has 1 atom stereocenters. The second-order valence-electron chi connectivity index (χ2n) is 1.55. The zero-order chi connectivity index (χ0) is 5.28. The molecule has 7 heavy (non-hydrogen) atoms. The van der Waals surface area contributed by atoms with Crippen molar-refractivity contribution in [1.29, 1.82) is 0 Å². The lowest BCUT2D eigenvalue weighted by Crippen LogP contribution is -2.07. The van der Waals surface area contributed by atoms with Gasteiger partial charge in [0.05, 0.1) is 5.71 Å². The Labute approximate surface area is 47.3 Å². The van der Waals surface area contributed by atoms with Crippen LogP contribution in [0.1, 0.15) is 13.8 Å². The normalized spacial score (nSPS) is 30.6. The minimum atomic E-state index is 0.227. The summed E-state index contributed by atoms with van der Waals surface area (Å²) >= 11 is 1.18. The van der Waals surface area contributed by atoms with Crippen LogP contribution in [0.15, 0.2) is 4.40 Å². The number of hydrogen-bond donors (Lipinski definition) is 0. The Morgan fingerprint density at radius 3 is 2.71 bits per heavy atom. The molecule has 0 saturated heterocycles. The van der Waals surface area contributed by atoms with E-state index in [2.05, 4.69) is 4.40 Å². The third-order valence-corrected chi connectivity index (χ3v) is 1.69. The minimum absolute atomic E-state index is 0.227. The Bertz CT molecular complexity index is 102. The van der Waals surface area contributed by atoms with Crippen LogP contribution >= 0.6 is 12.2 Å². The Morgan fingerprint density at radius 2 is 2.57 bits per heavy atom. The van der Waals surface area contributed by atoms with Crippen molar-refractivity contribution in [2.24, 2.45) is 4.40 Å². The maximum absolute atomic E-state index is 4.98. The molecule has 0 aliphatic carbocycles. The van der Waals surface area contributed by atoms with Crippen LogP contribution in [0.2, 0.25) is 0 Å². The SMILES string of the molecule is CC1=NSOC1C. The zero-order valence-corrected chi connectivity index (χ0v) is 5.16. The summed E-state index contributed by atoms with van der Waals surface area (Å²) in [4.78, 5) is 0. The lowest BCUT2D eigenvalue weighted by molar-refractivity contribution is 0.351. The molecule has 0 aromatic rings. The molecule has 3 heteroatoms.